The summed E-state index contributed by atoms with van der Waals surface area (Å²) in [5.74, 6) is -0.193. The van der Waals surface area contributed by atoms with Crippen LogP contribution in [0.4, 0.5) is 10.2 Å². The Morgan fingerprint density at radius 1 is 1.08 bits per heavy atom. The summed E-state index contributed by atoms with van der Waals surface area (Å²) in [6, 6.07) is 6.32. The Morgan fingerprint density at radius 3 is 2.67 bits per heavy atom. The van der Waals surface area contributed by atoms with Crippen LogP contribution in [0.5, 0.6) is 0 Å². The zero-order valence-electron chi connectivity index (χ0n) is 6.16. The molecule has 0 aliphatic carbocycles. The Kier molecular flexibility index (Phi) is 1.40. The first-order valence-electron chi connectivity index (χ1n) is 3.44. The van der Waals surface area contributed by atoms with Crippen molar-refractivity contribution >= 4 is 16.9 Å². The third kappa shape index (κ3) is 1.07. The molecule has 4 heteroatoms. The van der Waals surface area contributed by atoms with E-state index in [0.717, 1.165) is 5.39 Å². The van der Waals surface area contributed by atoms with Crippen LogP contribution < -0.4 is 5.73 Å². The minimum absolute atomic E-state index is 0.343. The van der Waals surface area contributed by atoms with Gasteiger partial charge in [-0.15, -0.1) is 0 Å². The fourth-order valence-electron chi connectivity index (χ4n) is 0.990. The van der Waals surface area contributed by atoms with Crippen molar-refractivity contribution < 1.29 is 4.39 Å². The molecule has 0 amide bonds. The van der Waals surface area contributed by atoms with Gasteiger partial charge in [-0.25, -0.2) is 4.98 Å². The molecule has 0 radical (unpaired) electrons. The number of nitrogens with two attached hydrogens (primary N) is 1. The third-order valence-corrected chi connectivity index (χ3v) is 1.54. The molecule has 0 aliphatic heterocycles. The van der Waals surface area contributed by atoms with Gasteiger partial charge in [-0.3, -0.25) is 0 Å². The van der Waals surface area contributed by atoms with Gasteiger partial charge in [-0.1, -0.05) is 0 Å². The average molecular weight is 163 g/mol. The topological polar surface area (TPSA) is 51.8 Å². The second kappa shape index (κ2) is 2.41. The minimum Gasteiger partial charge on any atom is -0.384 e. The Balaban J connectivity index is 2.80. The number of nitrogens with zero attached hydrogens (tertiary/aromatic N) is 2. The van der Waals surface area contributed by atoms with Gasteiger partial charge in [-0.2, -0.15) is 9.37 Å². The molecule has 0 aromatic carbocycles. The summed E-state index contributed by atoms with van der Waals surface area (Å²) in [5.41, 5.74) is 5.74. The predicted octanol–water partition coefficient (Wildman–Crippen LogP) is 1.35. The molecule has 2 N–H and O–H groups in total. The van der Waals surface area contributed by atoms with Crippen molar-refractivity contribution in [2.75, 3.05) is 5.73 Å². The molecule has 0 saturated heterocycles. The van der Waals surface area contributed by atoms with Gasteiger partial charge in [0.1, 0.15) is 5.82 Å². The van der Waals surface area contributed by atoms with Crippen LogP contribution in [0.15, 0.2) is 24.3 Å². The maximum Gasteiger partial charge on any atom is 0.214 e. The highest BCUT2D eigenvalue weighted by molar-refractivity contribution is 5.75. The molecule has 12 heavy (non-hydrogen) atoms. The van der Waals surface area contributed by atoms with Crippen LogP contribution in [-0.2, 0) is 0 Å². The standard InChI is InChI=1S/C8H6FN3/c9-6-3-1-5-2-4-7(10)12-8(5)11-6/h1-4H,(H2,10,11,12). The highest BCUT2D eigenvalue weighted by Crippen LogP contribution is 2.10. The maximum absolute atomic E-state index is 12.6. The minimum atomic E-state index is -0.541. The lowest BCUT2D eigenvalue weighted by molar-refractivity contribution is 0.588. The Labute approximate surface area is 68.1 Å². The number of fused-ring (bicyclic) bond motifs is 1. The largest absolute Gasteiger partial charge is 0.384 e. The summed E-state index contributed by atoms with van der Waals surface area (Å²) in [6.07, 6.45) is 0. The number of hydrogen-bond donors (Lipinski definition) is 1. The van der Waals surface area contributed by atoms with Gasteiger partial charge >= 0.3 is 0 Å². The fraction of sp³-hybridized carbons (Fsp3) is 0. The van der Waals surface area contributed by atoms with Crippen LogP contribution in [-0.4, -0.2) is 9.97 Å². The highest BCUT2D eigenvalue weighted by Gasteiger charge is 1.97. The molecule has 0 atom stereocenters. The molecule has 2 rings (SSSR count). The van der Waals surface area contributed by atoms with Crippen molar-refractivity contribution in [1.29, 1.82) is 0 Å². The van der Waals surface area contributed by atoms with Crippen LogP contribution in [0.1, 0.15) is 0 Å². The van der Waals surface area contributed by atoms with E-state index in [1.54, 1.807) is 18.2 Å². The summed E-state index contributed by atoms with van der Waals surface area (Å²) in [4.78, 5) is 7.44. The molecule has 0 spiro atoms. The Morgan fingerprint density at radius 2 is 1.83 bits per heavy atom. The van der Waals surface area contributed by atoms with Crippen molar-refractivity contribution in [3.8, 4) is 0 Å². The van der Waals surface area contributed by atoms with Gasteiger partial charge < -0.3 is 5.73 Å². The highest BCUT2D eigenvalue weighted by atomic mass is 19.1. The SMILES string of the molecule is Nc1ccc2ccc(F)nc2n1. The molecule has 2 aromatic heterocycles. The molecule has 0 bridgehead atoms. The molecule has 0 saturated carbocycles. The molecule has 0 fully saturated rings. The quantitative estimate of drug-likeness (QED) is 0.596. The van der Waals surface area contributed by atoms with Crippen LogP contribution >= 0.6 is 0 Å². The first-order valence-corrected chi connectivity index (χ1v) is 3.44. The van der Waals surface area contributed by atoms with Gasteiger partial charge in [0.2, 0.25) is 5.95 Å². The third-order valence-electron chi connectivity index (χ3n) is 1.54. The summed E-state index contributed by atoms with van der Waals surface area (Å²) in [6.45, 7) is 0. The van der Waals surface area contributed by atoms with Gasteiger partial charge in [0.25, 0.3) is 0 Å². The average Bonchev–Trinajstić information content (AvgIpc) is 2.03. The van der Waals surface area contributed by atoms with E-state index in [4.69, 9.17) is 5.73 Å². The Hall–Kier alpha value is -1.71. The van der Waals surface area contributed by atoms with Crippen LogP contribution in [0.3, 0.4) is 0 Å². The van der Waals surface area contributed by atoms with E-state index in [-0.39, 0.29) is 0 Å². The zero-order valence-corrected chi connectivity index (χ0v) is 6.16. The number of nitrogen functional groups attached to an aromatic ring is 1. The second-order valence-electron chi connectivity index (χ2n) is 2.42. The molecule has 0 aliphatic rings. The van der Waals surface area contributed by atoms with Crippen molar-refractivity contribution in [3.05, 3.63) is 30.2 Å². The lowest BCUT2D eigenvalue weighted by Crippen LogP contribution is -1.92. The maximum atomic E-state index is 12.6. The van der Waals surface area contributed by atoms with Gasteiger partial charge in [0.15, 0.2) is 5.65 Å². The van der Waals surface area contributed by atoms with Crippen molar-refractivity contribution in [3.63, 3.8) is 0 Å². The molecular weight excluding hydrogens is 157 g/mol. The summed E-state index contributed by atoms with van der Waals surface area (Å²) < 4.78 is 12.6. The number of pyridine rings is 2. The van der Waals surface area contributed by atoms with E-state index < -0.39 is 5.95 Å². The summed E-state index contributed by atoms with van der Waals surface area (Å²) in [7, 11) is 0. The normalized spacial score (nSPS) is 10.4. The van der Waals surface area contributed by atoms with Crippen molar-refractivity contribution in [1.82, 2.24) is 9.97 Å². The second-order valence-corrected chi connectivity index (χ2v) is 2.42. The van der Waals surface area contributed by atoms with Crippen LogP contribution in [0, 0.1) is 5.95 Å². The molecule has 2 heterocycles. The van der Waals surface area contributed by atoms with E-state index >= 15 is 0 Å². The van der Waals surface area contributed by atoms with E-state index in [1.165, 1.54) is 6.07 Å². The zero-order chi connectivity index (χ0) is 8.55. The van der Waals surface area contributed by atoms with Crippen LogP contribution in [0.2, 0.25) is 0 Å². The number of anilines is 1. The van der Waals surface area contributed by atoms with Gasteiger partial charge in [0, 0.05) is 5.39 Å². The lowest BCUT2D eigenvalue weighted by atomic mass is 10.3. The predicted molar refractivity (Wildman–Crippen MR) is 43.9 cm³/mol. The van der Waals surface area contributed by atoms with Gasteiger partial charge in [0.05, 0.1) is 0 Å². The summed E-state index contributed by atoms with van der Waals surface area (Å²) in [5, 5.41) is 0.783. The number of halogens is 1. The molecule has 2 aromatic rings. The Bertz CT molecular complexity index is 391. The van der Waals surface area contributed by atoms with E-state index in [1.807, 2.05) is 0 Å². The lowest BCUT2D eigenvalue weighted by Gasteiger charge is -1.96. The molecular formula is C8H6FN3. The fourth-order valence-corrected chi connectivity index (χ4v) is 0.990. The molecule has 60 valence electrons. The van der Waals surface area contributed by atoms with E-state index in [2.05, 4.69) is 9.97 Å². The first kappa shape index (κ1) is 6.97. The monoisotopic (exact) mass is 163 g/mol. The van der Waals surface area contributed by atoms with Crippen LogP contribution in [0.25, 0.3) is 11.0 Å². The number of rotatable bonds is 0. The van der Waals surface area contributed by atoms with E-state index in [0.29, 0.717) is 11.5 Å². The molecule has 0 unspecified atom stereocenters. The molecule has 3 nitrogen and oxygen atoms in total. The van der Waals surface area contributed by atoms with Gasteiger partial charge in [-0.05, 0) is 24.3 Å². The van der Waals surface area contributed by atoms with Crippen molar-refractivity contribution in [2.45, 2.75) is 0 Å². The summed E-state index contributed by atoms with van der Waals surface area (Å²) >= 11 is 0. The van der Waals surface area contributed by atoms with E-state index in [9.17, 15) is 4.39 Å². The first-order chi connectivity index (χ1) is 5.75. The smallest absolute Gasteiger partial charge is 0.214 e. The van der Waals surface area contributed by atoms with Crippen molar-refractivity contribution in [2.24, 2.45) is 0 Å². The number of hydrogen-bond acceptors (Lipinski definition) is 3. The number of aromatic nitrogens is 2.